The highest BCUT2D eigenvalue weighted by Crippen LogP contribution is 2.30. The van der Waals surface area contributed by atoms with Crippen LogP contribution in [0.4, 0.5) is 0 Å². The summed E-state index contributed by atoms with van der Waals surface area (Å²) in [6, 6.07) is 0. The van der Waals surface area contributed by atoms with Crippen LogP contribution in [0.5, 0.6) is 0 Å². The number of allylic oxidation sites excluding steroid dienone is 7. The molecule has 0 spiro atoms. The Hall–Kier alpha value is -1.24. The number of rotatable bonds is 4. The zero-order valence-corrected chi connectivity index (χ0v) is 10.1. The van der Waals surface area contributed by atoms with Gasteiger partial charge in [-0.15, -0.1) is 0 Å². The smallest absolute Gasteiger partial charge is 0.115 e. The Morgan fingerprint density at radius 1 is 1.12 bits per heavy atom. The van der Waals surface area contributed by atoms with Crippen molar-refractivity contribution in [2.45, 2.75) is 26.7 Å². The van der Waals surface area contributed by atoms with Gasteiger partial charge in [0, 0.05) is 11.8 Å². The van der Waals surface area contributed by atoms with E-state index in [-0.39, 0.29) is 0 Å². The molecule has 2 aliphatic rings. The van der Waals surface area contributed by atoms with Gasteiger partial charge in [-0.2, -0.15) is 0 Å². The van der Waals surface area contributed by atoms with Gasteiger partial charge in [0.05, 0.1) is 6.61 Å². The molecule has 0 aromatic carbocycles. The van der Waals surface area contributed by atoms with Gasteiger partial charge in [0.25, 0.3) is 0 Å². The zero-order valence-electron chi connectivity index (χ0n) is 10.1. The summed E-state index contributed by atoms with van der Waals surface area (Å²) >= 11 is 0. The average molecular weight is 216 g/mol. The van der Waals surface area contributed by atoms with Crippen LogP contribution in [-0.2, 0) is 4.74 Å². The van der Waals surface area contributed by atoms with Gasteiger partial charge in [0.15, 0.2) is 0 Å². The molecule has 2 atom stereocenters. The van der Waals surface area contributed by atoms with E-state index in [0.29, 0.717) is 11.8 Å². The fraction of sp³-hybridized carbons (Fsp3) is 0.467. The maximum Gasteiger partial charge on any atom is 0.115 e. The fourth-order valence-corrected chi connectivity index (χ4v) is 2.09. The lowest BCUT2D eigenvalue weighted by Gasteiger charge is -2.24. The molecular weight excluding hydrogens is 196 g/mol. The van der Waals surface area contributed by atoms with Crippen molar-refractivity contribution in [3.8, 4) is 0 Å². The minimum Gasteiger partial charge on any atom is -0.494 e. The quantitative estimate of drug-likeness (QED) is 0.645. The van der Waals surface area contributed by atoms with Gasteiger partial charge in [-0.3, -0.25) is 0 Å². The van der Waals surface area contributed by atoms with Crippen LogP contribution in [0.15, 0.2) is 47.8 Å². The van der Waals surface area contributed by atoms with E-state index >= 15 is 0 Å². The predicted octanol–water partition coefficient (Wildman–Crippen LogP) is 4.01. The first-order chi connectivity index (χ1) is 7.79. The van der Waals surface area contributed by atoms with E-state index in [1.54, 1.807) is 0 Å². The van der Waals surface area contributed by atoms with Gasteiger partial charge in [-0.25, -0.2) is 0 Å². The molecule has 0 radical (unpaired) electrons. The lowest BCUT2D eigenvalue weighted by atomic mass is 9.83. The molecule has 16 heavy (non-hydrogen) atoms. The molecule has 0 aliphatic heterocycles. The predicted molar refractivity (Wildman–Crippen MR) is 68.0 cm³/mol. The van der Waals surface area contributed by atoms with Crippen molar-refractivity contribution < 1.29 is 4.74 Å². The van der Waals surface area contributed by atoms with E-state index < -0.39 is 0 Å². The second-order valence-electron chi connectivity index (χ2n) is 4.55. The van der Waals surface area contributed by atoms with Crippen molar-refractivity contribution in [3.05, 3.63) is 47.8 Å². The molecule has 0 saturated carbocycles. The summed E-state index contributed by atoms with van der Waals surface area (Å²) in [5.41, 5.74) is 1.36. The van der Waals surface area contributed by atoms with Crippen LogP contribution in [0.1, 0.15) is 26.7 Å². The van der Waals surface area contributed by atoms with E-state index in [1.807, 2.05) is 0 Å². The molecule has 0 amide bonds. The number of hydrogen-bond donors (Lipinski definition) is 0. The third-order valence-corrected chi connectivity index (χ3v) is 3.09. The van der Waals surface area contributed by atoms with Gasteiger partial charge in [0.2, 0.25) is 0 Å². The van der Waals surface area contributed by atoms with Gasteiger partial charge < -0.3 is 4.74 Å². The third-order valence-electron chi connectivity index (χ3n) is 3.09. The van der Waals surface area contributed by atoms with Gasteiger partial charge in [-0.1, -0.05) is 43.2 Å². The van der Waals surface area contributed by atoms with E-state index in [0.717, 1.165) is 18.8 Å². The highest BCUT2D eigenvalue weighted by atomic mass is 16.5. The SMILES string of the molecule is CCCCOC1=C[C@@H]2C=CC(C)=CC2C=C1. The first-order valence-electron chi connectivity index (χ1n) is 6.19. The van der Waals surface area contributed by atoms with Gasteiger partial charge in [0.1, 0.15) is 5.76 Å². The van der Waals surface area contributed by atoms with Crippen molar-refractivity contribution >= 4 is 0 Å². The molecule has 2 aliphatic carbocycles. The molecule has 0 saturated heterocycles. The topological polar surface area (TPSA) is 9.23 Å². The minimum absolute atomic E-state index is 0.491. The number of fused-ring (bicyclic) bond motifs is 1. The summed E-state index contributed by atoms with van der Waals surface area (Å²) in [5.74, 6) is 2.06. The summed E-state index contributed by atoms with van der Waals surface area (Å²) in [7, 11) is 0. The van der Waals surface area contributed by atoms with E-state index in [4.69, 9.17) is 4.74 Å². The summed E-state index contributed by atoms with van der Waals surface area (Å²) in [5, 5.41) is 0. The van der Waals surface area contributed by atoms with Crippen molar-refractivity contribution in [2.24, 2.45) is 11.8 Å². The van der Waals surface area contributed by atoms with Crippen LogP contribution >= 0.6 is 0 Å². The Balaban J connectivity index is 1.96. The standard InChI is InChI=1S/C15H20O/c1-3-4-9-16-15-8-7-13-10-12(2)5-6-14(13)11-15/h5-8,10-11,13-14H,3-4,9H2,1-2H3/t13?,14-/m0/s1. The summed E-state index contributed by atoms with van der Waals surface area (Å²) in [6.45, 7) is 5.17. The molecule has 0 fully saturated rings. The Morgan fingerprint density at radius 2 is 1.88 bits per heavy atom. The van der Waals surface area contributed by atoms with Crippen LogP contribution in [0.2, 0.25) is 0 Å². The number of hydrogen-bond acceptors (Lipinski definition) is 1. The molecule has 86 valence electrons. The molecule has 1 unspecified atom stereocenters. The lowest BCUT2D eigenvalue weighted by molar-refractivity contribution is 0.215. The molecular formula is C15H20O. The normalized spacial score (nSPS) is 27.1. The van der Waals surface area contributed by atoms with Gasteiger partial charge in [-0.05, 0) is 25.5 Å². The molecule has 0 heterocycles. The van der Waals surface area contributed by atoms with Crippen molar-refractivity contribution in [2.75, 3.05) is 6.61 Å². The van der Waals surface area contributed by atoms with Crippen molar-refractivity contribution in [1.82, 2.24) is 0 Å². The van der Waals surface area contributed by atoms with Crippen LogP contribution in [0.25, 0.3) is 0 Å². The Labute approximate surface area is 98.2 Å². The number of ether oxygens (including phenoxy) is 1. The first kappa shape index (κ1) is 11.3. The van der Waals surface area contributed by atoms with E-state index in [9.17, 15) is 0 Å². The lowest BCUT2D eigenvalue weighted by Crippen LogP contribution is -2.13. The Kier molecular flexibility index (Phi) is 3.66. The van der Waals surface area contributed by atoms with Crippen molar-refractivity contribution in [3.63, 3.8) is 0 Å². The first-order valence-corrected chi connectivity index (χ1v) is 6.19. The second kappa shape index (κ2) is 5.20. The van der Waals surface area contributed by atoms with Crippen LogP contribution in [0.3, 0.4) is 0 Å². The Morgan fingerprint density at radius 3 is 2.69 bits per heavy atom. The molecule has 1 heteroatoms. The van der Waals surface area contributed by atoms with E-state index in [1.165, 1.54) is 12.0 Å². The van der Waals surface area contributed by atoms with Crippen molar-refractivity contribution in [1.29, 1.82) is 0 Å². The highest BCUT2D eigenvalue weighted by Gasteiger charge is 2.19. The summed E-state index contributed by atoms with van der Waals surface area (Å²) < 4.78 is 5.72. The van der Waals surface area contributed by atoms with Crippen LogP contribution < -0.4 is 0 Å². The van der Waals surface area contributed by atoms with E-state index in [2.05, 4.69) is 50.3 Å². The summed E-state index contributed by atoms with van der Waals surface area (Å²) in [4.78, 5) is 0. The Bertz CT molecular complexity index is 358. The average Bonchev–Trinajstić information content (AvgIpc) is 2.29. The molecule has 1 nitrogen and oxygen atoms in total. The highest BCUT2D eigenvalue weighted by molar-refractivity contribution is 5.34. The minimum atomic E-state index is 0.491. The maximum atomic E-state index is 5.72. The molecule has 2 rings (SSSR count). The number of unbranched alkanes of at least 4 members (excludes halogenated alkanes) is 1. The third kappa shape index (κ3) is 2.66. The monoisotopic (exact) mass is 216 g/mol. The summed E-state index contributed by atoms with van der Waals surface area (Å²) in [6.07, 6.45) is 15.7. The fourth-order valence-electron chi connectivity index (χ4n) is 2.09. The molecule has 0 N–H and O–H groups in total. The molecule has 0 aromatic heterocycles. The zero-order chi connectivity index (χ0) is 11.4. The maximum absolute atomic E-state index is 5.72. The molecule has 0 aromatic rings. The molecule has 0 bridgehead atoms. The van der Waals surface area contributed by atoms with Gasteiger partial charge >= 0.3 is 0 Å². The second-order valence-corrected chi connectivity index (χ2v) is 4.55. The van der Waals surface area contributed by atoms with Crippen LogP contribution in [0, 0.1) is 11.8 Å². The van der Waals surface area contributed by atoms with Crippen LogP contribution in [-0.4, -0.2) is 6.61 Å². The largest absolute Gasteiger partial charge is 0.494 e.